The zero-order valence-electron chi connectivity index (χ0n) is 8.14. The van der Waals surface area contributed by atoms with Crippen LogP contribution in [0.2, 0.25) is 0 Å². The molecule has 88 valence electrons. The number of sulfonamides is 2. The summed E-state index contributed by atoms with van der Waals surface area (Å²) in [5, 5.41) is 1.59. The molecule has 0 fully saturated rings. The van der Waals surface area contributed by atoms with Gasteiger partial charge >= 0.3 is 0 Å². The number of nitrogens with one attached hydrogen (secondary N) is 2. The zero-order chi connectivity index (χ0) is 11.9. The summed E-state index contributed by atoms with van der Waals surface area (Å²) in [4.78, 5) is 0. The molecule has 0 aliphatic rings. The topological polar surface area (TPSA) is 92.3 Å². The highest BCUT2D eigenvalue weighted by Gasteiger charge is 2.04. The first kappa shape index (κ1) is 14.3. The van der Waals surface area contributed by atoms with E-state index in [1.807, 2.05) is 0 Å². The standard InChI is InChI=1S/C7H14N2O4S2/c1-3-14(10,11)8-6-5-7-9-15(12,13)4-2/h3-4,8-9H,1-2,5-7H2. The third-order valence-corrected chi connectivity index (χ3v) is 3.49. The summed E-state index contributed by atoms with van der Waals surface area (Å²) < 4.78 is 47.7. The van der Waals surface area contributed by atoms with Crippen molar-refractivity contribution in [2.75, 3.05) is 13.1 Å². The lowest BCUT2D eigenvalue weighted by Crippen LogP contribution is -2.27. The Hall–Kier alpha value is -0.700. The normalized spacial score (nSPS) is 12.3. The van der Waals surface area contributed by atoms with Crippen LogP contribution >= 0.6 is 0 Å². The molecule has 0 amide bonds. The van der Waals surface area contributed by atoms with E-state index in [1.165, 1.54) is 0 Å². The predicted octanol–water partition coefficient (Wildman–Crippen LogP) is -0.498. The van der Waals surface area contributed by atoms with Crippen LogP contribution in [0.3, 0.4) is 0 Å². The summed E-state index contributed by atoms with van der Waals surface area (Å²) >= 11 is 0. The van der Waals surface area contributed by atoms with E-state index < -0.39 is 20.0 Å². The fourth-order valence-electron chi connectivity index (χ4n) is 0.635. The Morgan fingerprint density at radius 1 is 0.867 bits per heavy atom. The van der Waals surface area contributed by atoms with E-state index in [-0.39, 0.29) is 13.1 Å². The van der Waals surface area contributed by atoms with Gasteiger partial charge in [0, 0.05) is 23.9 Å². The Labute approximate surface area is 90.2 Å². The molecule has 0 bridgehead atoms. The summed E-state index contributed by atoms with van der Waals surface area (Å²) in [5.74, 6) is 0. The molecule has 0 unspecified atom stereocenters. The largest absolute Gasteiger partial charge is 0.233 e. The second-order valence-corrected chi connectivity index (χ2v) is 5.99. The fourth-order valence-corrected chi connectivity index (χ4v) is 1.73. The molecular weight excluding hydrogens is 240 g/mol. The maximum Gasteiger partial charge on any atom is 0.233 e. The molecule has 0 aromatic carbocycles. The number of rotatable bonds is 8. The van der Waals surface area contributed by atoms with Gasteiger partial charge in [-0.2, -0.15) is 0 Å². The lowest BCUT2D eigenvalue weighted by molar-refractivity contribution is 0.582. The molecule has 0 aliphatic heterocycles. The SMILES string of the molecule is C=CS(=O)(=O)NCCCNS(=O)(=O)C=C. The van der Waals surface area contributed by atoms with E-state index in [4.69, 9.17) is 0 Å². The van der Waals surface area contributed by atoms with E-state index in [9.17, 15) is 16.8 Å². The van der Waals surface area contributed by atoms with Crippen molar-refractivity contribution in [3.63, 3.8) is 0 Å². The average molecular weight is 254 g/mol. The van der Waals surface area contributed by atoms with Crippen molar-refractivity contribution in [2.24, 2.45) is 0 Å². The van der Waals surface area contributed by atoms with Crippen molar-refractivity contribution >= 4 is 20.0 Å². The first-order valence-electron chi connectivity index (χ1n) is 4.07. The lowest BCUT2D eigenvalue weighted by Gasteiger charge is -2.03. The van der Waals surface area contributed by atoms with Crippen molar-refractivity contribution in [3.05, 3.63) is 24.0 Å². The van der Waals surface area contributed by atoms with Crippen molar-refractivity contribution in [1.29, 1.82) is 0 Å². The molecule has 0 aromatic rings. The Bertz CT molecular complexity index is 370. The highest BCUT2D eigenvalue weighted by Crippen LogP contribution is 1.87. The Morgan fingerprint density at radius 3 is 1.47 bits per heavy atom. The van der Waals surface area contributed by atoms with E-state index >= 15 is 0 Å². The van der Waals surface area contributed by atoms with Crippen LogP contribution in [0.4, 0.5) is 0 Å². The molecule has 15 heavy (non-hydrogen) atoms. The Balaban J connectivity index is 3.75. The Morgan fingerprint density at radius 2 is 1.20 bits per heavy atom. The minimum atomic E-state index is -3.42. The molecule has 0 aromatic heterocycles. The van der Waals surface area contributed by atoms with Gasteiger partial charge in [0.2, 0.25) is 20.0 Å². The monoisotopic (exact) mass is 254 g/mol. The first-order valence-corrected chi connectivity index (χ1v) is 7.16. The molecule has 0 heterocycles. The van der Waals surface area contributed by atoms with Crippen molar-refractivity contribution in [3.8, 4) is 0 Å². The molecule has 8 heteroatoms. The molecular formula is C7H14N2O4S2. The maximum absolute atomic E-state index is 10.8. The maximum atomic E-state index is 10.8. The Kier molecular flexibility index (Phi) is 5.73. The van der Waals surface area contributed by atoms with Gasteiger partial charge in [0.05, 0.1) is 0 Å². The van der Waals surface area contributed by atoms with Crippen LogP contribution in [0.1, 0.15) is 6.42 Å². The van der Waals surface area contributed by atoms with E-state index in [0.29, 0.717) is 6.42 Å². The molecule has 2 N–H and O–H groups in total. The summed E-state index contributed by atoms with van der Waals surface area (Å²) in [6.45, 7) is 6.51. The third-order valence-electron chi connectivity index (χ3n) is 1.40. The van der Waals surface area contributed by atoms with Gasteiger partial charge in [0.1, 0.15) is 0 Å². The quantitative estimate of drug-likeness (QED) is 0.571. The van der Waals surface area contributed by atoms with E-state index in [0.717, 1.165) is 10.8 Å². The summed E-state index contributed by atoms with van der Waals surface area (Å²) in [6.07, 6.45) is 0.347. The van der Waals surface area contributed by atoms with Gasteiger partial charge < -0.3 is 0 Å². The van der Waals surface area contributed by atoms with Crippen LogP contribution < -0.4 is 9.44 Å². The van der Waals surface area contributed by atoms with Gasteiger partial charge in [-0.15, -0.1) is 0 Å². The molecule has 0 saturated heterocycles. The summed E-state index contributed by atoms with van der Waals surface area (Å²) in [6, 6.07) is 0. The van der Waals surface area contributed by atoms with Crippen LogP contribution in [0.5, 0.6) is 0 Å². The molecule has 0 rings (SSSR count). The molecule has 0 radical (unpaired) electrons. The predicted molar refractivity (Wildman–Crippen MR) is 58.9 cm³/mol. The van der Waals surface area contributed by atoms with Crippen LogP contribution in [0, 0.1) is 0 Å². The lowest BCUT2D eigenvalue weighted by atomic mass is 10.4. The number of hydrogen-bond donors (Lipinski definition) is 2. The van der Waals surface area contributed by atoms with Gasteiger partial charge in [0.15, 0.2) is 0 Å². The van der Waals surface area contributed by atoms with E-state index in [1.54, 1.807) is 0 Å². The van der Waals surface area contributed by atoms with Crippen molar-refractivity contribution in [2.45, 2.75) is 6.42 Å². The third kappa shape index (κ3) is 7.25. The minimum absolute atomic E-state index is 0.147. The molecule has 0 saturated carbocycles. The molecule has 0 atom stereocenters. The fraction of sp³-hybridized carbons (Fsp3) is 0.429. The average Bonchev–Trinajstić information content (AvgIpc) is 2.17. The smallest absolute Gasteiger partial charge is 0.212 e. The highest BCUT2D eigenvalue weighted by atomic mass is 32.2. The van der Waals surface area contributed by atoms with Crippen LogP contribution in [-0.4, -0.2) is 29.9 Å². The first-order chi connectivity index (χ1) is 6.83. The van der Waals surface area contributed by atoms with Crippen molar-refractivity contribution in [1.82, 2.24) is 9.44 Å². The van der Waals surface area contributed by atoms with Crippen LogP contribution in [0.15, 0.2) is 24.0 Å². The van der Waals surface area contributed by atoms with Crippen LogP contribution in [0.25, 0.3) is 0 Å². The van der Waals surface area contributed by atoms with Crippen molar-refractivity contribution < 1.29 is 16.8 Å². The van der Waals surface area contributed by atoms with Gasteiger partial charge in [-0.25, -0.2) is 26.3 Å². The second kappa shape index (κ2) is 6.01. The number of hydrogen-bond acceptors (Lipinski definition) is 4. The summed E-state index contributed by atoms with van der Waals surface area (Å²) in [7, 11) is -6.85. The van der Waals surface area contributed by atoms with Gasteiger partial charge in [-0.3, -0.25) is 0 Å². The van der Waals surface area contributed by atoms with Gasteiger partial charge in [-0.1, -0.05) is 13.2 Å². The molecule has 0 aliphatic carbocycles. The van der Waals surface area contributed by atoms with Gasteiger partial charge in [-0.05, 0) is 6.42 Å². The van der Waals surface area contributed by atoms with Crippen LogP contribution in [-0.2, 0) is 20.0 Å². The van der Waals surface area contributed by atoms with E-state index in [2.05, 4.69) is 22.6 Å². The summed E-state index contributed by atoms with van der Waals surface area (Å²) in [5.41, 5.74) is 0. The molecule has 0 spiro atoms. The highest BCUT2D eigenvalue weighted by molar-refractivity contribution is 7.92. The minimum Gasteiger partial charge on any atom is -0.212 e. The van der Waals surface area contributed by atoms with Gasteiger partial charge in [0.25, 0.3) is 0 Å². The molecule has 6 nitrogen and oxygen atoms in total. The second-order valence-electron chi connectivity index (χ2n) is 2.57. The zero-order valence-corrected chi connectivity index (χ0v) is 9.77.